The zero-order chi connectivity index (χ0) is 25.3. The van der Waals surface area contributed by atoms with Crippen LogP contribution in [0.4, 0.5) is 0 Å². The molecule has 3 heterocycles. The predicted octanol–water partition coefficient (Wildman–Crippen LogP) is 6.03. The SMILES string of the molecule is Cc1nnc2n1-c1sc3c(c1C(c1ccccc1Cl)=NC21CC1)C[C@H](C(=O)N(C)C1CCCCCC1)C3. The van der Waals surface area contributed by atoms with Gasteiger partial charge in [-0.1, -0.05) is 55.5 Å². The average molecular weight is 534 g/mol. The van der Waals surface area contributed by atoms with Gasteiger partial charge in [-0.2, -0.15) is 0 Å². The molecule has 2 saturated carbocycles. The van der Waals surface area contributed by atoms with E-state index in [4.69, 9.17) is 16.6 Å². The number of benzene rings is 1. The third-order valence-electron chi connectivity index (χ3n) is 8.88. The van der Waals surface area contributed by atoms with Gasteiger partial charge < -0.3 is 4.90 Å². The molecule has 0 bridgehead atoms. The van der Waals surface area contributed by atoms with Crippen molar-refractivity contribution < 1.29 is 4.79 Å². The van der Waals surface area contributed by atoms with Crippen LogP contribution in [0.5, 0.6) is 0 Å². The largest absolute Gasteiger partial charge is 0.343 e. The summed E-state index contributed by atoms with van der Waals surface area (Å²) in [5.74, 6) is 2.12. The van der Waals surface area contributed by atoms with Gasteiger partial charge in [0, 0.05) is 40.0 Å². The van der Waals surface area contributed by atoms with Gasteiger partial charge in [-0.15, -0.1) is 21.5 Å². The van der Waals surface area contributed by atoms with E-state index in [-0.39, 0.29) is 11.5 Å². The van der Waals surface area contributed by atoms with Crippen molar-refractivity contribution in [2.24, 2.45) is 10.9 Å². The topological polar surface area (TPSA) is 63.4 Å². The summed E-state index contributed by atoms with van der Waals surface area (Å²) in [5, 5.41) is 10.9. The lowest BCUT2D eigenvalue weighted by Gasteiger charge is -2.29. The van der Waals surface area contributed by atoms with E-state index in [2.05, 4.69) is 25.7 Å². The molecule has 2 aromatic heterocycles. The van der Waals surface area contributed by atoms with Crippen molar-refractivity contribution in [2.45, 2.75) is 82.7 Å². The zero-order valence-corrected chi connectivity index (χ0v) is 23.0. The number of aromatic nitrogens is 3. The van der Waals surface area contributed by atoms with Crippen LogP contribution in [0.3, 0.4) is 0 Å². The Balaban J connectivity index is 1.31. The molecule has 192 valence electrons. The Morgan fingerprint density at radius 1 is 1.11 bits per heavy atom. The maximum Gasteiger partial charge on any atom is 0.226 e. The summed E-state index contributed by atoms with van der Waals surface area (Å²) in [6, 6.07) is 8.38. The van der Waals surface area contributed by atoms with Crippen LogP contribution in [-0.4, -0.2) is 44.4 Å². The maximum absolute atomic E-state index is 13.7. The fraction of sp³-hybridized carbons (Fsp3) is 0.517. The number of fused-ring (bicyclic) bond motifs is 6. The summed E-state index contributed by atoms with van der Waals surface area (Å²) < 4.78 is 2.23. The minimum atomic E-state index is -0.338. The van der Waals surface area contributed by atoms with E-state index in [0.717, 1.165) is 72.0 Å². The number of nitrogens with zero attached hydrogens (tertiary/aromatic N) is 5. The molecule has 0 unspecified atom stereocenters. The second kappa shape index (κ2) is 8.77. The number of hydrogen-bond acceptors (Lipinski definition) is 5. The summed E-state index contributed by atoms with van der Waals surface area (Å²) in [6.07, 6.45) is 10.8. The number of carbonyl (C=O) groups is 1. The second-order valence-electron chi connectivity index (χ2n) is 11.3. The van der Waals surface area contributed by atoms with Gasteiger partial charge in [-0.3, -0.25) is 14.4 Å². The van der Waals surface area contributed by atoms with Gasteiger partial charge >= 0.3 is 0 Å². The molecule has 4 aliphatic rings. The molecule has 1 aromatic carbocycles. The molecule has 0 N–H and O–H groups in total. The van der Waals surface area contributed by atoms with Crippen molar-refractivity contribution in [3.63, 3.8) is 0 Å². The normalized spacial score (nSPS) is 22.0. The van der Waals surface area contributed by atoms with Gasteiger partial charge in [0.15, 0.2) is 5.82 Å². The summed E-state index contributed by atoms with van der Waals surface area (Å²) in [7, 11) is 2.03. The zero-order valence-electron chi connectivity index (χ0n) is 21.5. The number of aryl methyl sites for hydroxylation is 1. The van der Waals surface area contributed by atoms with Crippen LogP contribution in [0.2, 0.25) is 5.02 Å². The number of thiophene rings is 1. The van der Waals surface area contributed by atoms with Gasteiger partial charge in [-0.05, 0) is 57.1 Å². The summed E-state index contributed by atoms with van der Waals surface area (Å²) >= 11 is 8.56. The van der Waals surface area contributed by atoms with Crippen LogP contribution in [0.15, 0.2) is 29.3 Å². The summed E-state index contributed by atoms with van der Waals surface area (Å²) in [6.45, 7) is 2.02. The van der Waals surface area contributed by atoms with Crippen LogP contribution in [0.25, 0.3) is 5.00 Å². The molecule has 0 saturated heterocycles. The Kier molecular flexibility index (Phi) is 5.59. The number of aliphatic imine (C=N–C) groups is 1. The van der Waals surface area contributed by atoms with Crippen molar-refractivity contribution >= 4 is 34.6 Å². The molecule has 6 nitrogen and oxygen atoms in total. The van der Waals surface area contributed by atoms with E-state index >= 15 is 0 Å². The first-order chi connectivity index (χ1) is 18.0. The minimum Gasteiger partial charge on any atom is -0.343 e. The van der Waals surface area contributed by atoms with Gasteiger partial charge in [0.1, 0.15) is 16.4 Å². The lowest BCUT2D eigenvalue weighted by atomic mass is 9.96. The van der Waals surface area contributed by atoms with Gasteiger partial charge in [0.05, 0.1) is 5.71 Å². The molecule has 2 fully saturated rings. The average Bonchev–Trinajstić information content (AvgIpc) is 3.40. The van der Waals surface area contributed by atoms with E-state index in [1.807, 2.05) is 32.2 Å². The number of rotatable bonds is 3. The molecule has 1 spiro atoms. The molecule has 8 heteroatoms. The summed E-state index contributed by atoms with van der Waals surface area (Å²) in [4.78, 5) is 22.5. The molecular formula is C29H32ClN5OS. The van der Waals surface area contributed by atoms with E-state index in [1.54, 1.807) is 11.3 Å². The van der Waals surface area contributed by atoms with Crippen molar-refractivity contribution in [3.8, 4) is 5.00 Å². The highest BCUT2D eigenvalue weighted by Crippen LogP contribution is 2.54. The monoisotopic (exact) mass is 533 g/mol. The highest BCUT2D eigenvalue weighted by atomic mass is 35.5. The van der Waals surface area contributed by atoms with Crippen LogP contribution >= 0.6 is 22.9 Å². The van der Waals surface area contributed by atoms with Gasteiger partial charge in [0.2, 0.25) is 5.91 Å². The highest BCUT2D eigenvalue weighted by Gasteiger charge is 2.52. The van der Waals surface area contributed by atoms with Gasteiger partial charge in [0.25, 0.3) is 0 Å². The molecule has 0 radical (unpaired) electrons. The van der Waals surface area contributed by atoms with E-state index in [9.17, 15) is 4.79 Å². The summed E-state index contributed by atoms with van der Waals surface area (Å²) in [5.41, 5.74) is 3.97. The van der Waals surface area contributed by atoms with E-state index in [0.29, 0.717) is 17.0 Å². The molecule has 3 aliphatic carbocycles. The molecule has 37 heavy (non-hydrogen) atoms. The molecule has 1 amide bonds. The van der Waals surface area contributed by atoms with Crippen molar-refractivity contribution in [1.29, 1.82) is 0 Å². The smallest absolute Gasteiger partial charge is 0.226 e. The molecule has 1 atom stereocenters. The minimum absolute atomic E-state index is 0.00748. The Morgan fingerprint density at radius 3 is 2.59 bits per heavy atom. The Labute approximate surface area is 226 Å². The van der Waals surface area contributed by atoms with Crippen LogP contribution < -0.4 is 0 Å². The third kappa shape index (κ3) is 3.72. The van der Waals surface area contributed by atoms with Crippen LogP contribution in [0, 0.1) is 12.8 Å². The van der Waals surface area contributed by atoms with Crippen molar-refractivity contribution in [3.05, 3.63) is 62.5 Å². The lowest BCUT2D eigenvalue weighted by molar-refractivity contribution is -0.136. The first-order valence-electron chi connectivity index (χ1n) is 13.7. The number of amides is 1. The first kappa shape index (κ1) is 23.6. The Hall–Kier alpha value is -2.51. The fourth-order valence-electron chi connectivity index (χ4n) is 6.64. The molecule has 3 aromatic rings. The standard InChI is InChI=1S/C29H32ClN5OS/c1-17-32-33-28-29(13-14-29)31-25(20-11-7-8-12-22(20)30)24-21-15-18(16-23(21)37-27(24)35(17)28)26(36)34(2)19-9-5-3-4-6-10-19/h7-8,11-12,18-19H,3-6,9-10,13-16H2,1-2H3/t18-/m0/s1. The second-order valence-corrected chi connectivity index (χ2v) is 12.8. The molecule has 1 aliphatic heterocycles. The lowest BCUT2D eigenvalue weighted by Crippen LogP contribution is -2.40. The number of halogens is 1. The predicted molar refractivity (Wildman–Crippen MR) is 147 cm³/mol. The van der Waals surface area contributed by atoms with Crippen molar-refractivity contribution in [1.82, 2.24) is 19.7 Å². The third-order valence-corrected chi connectivity index (χ3v) is 10.5. The fourth-order valence-corrected chi connectivity index (χ4v) is 8.32. The maximum atomic E-state index is 13.7. The van der Waals surface area contributed by atoms with Crippen LogP contribution in [0.1, 0.15) is 84.6 Å². The first-order valence-corrected chi connectivity index (χ1v) is 14.9. The van der Waals surface area contributed by atoms with Crippen molar-refractivity contribution in [2.75, 3.05) is 7.05 Å². The Bertz CT molecular complexity index is 1430. The van der Waals surface area contributed by atoms with Crippen LogP contribution in [-0.2, 0) is 23.2 Å². The number of carbonyl (C=O) groups excluding carboxylic acids is 1. The quantitative estimate of drug-likeness (QED) is 0.386. The number of hydrogen-bond donors (Lipinski definition) is 0. The highest BCUT2D eigenvalue weighted by molar-refractivity contribution is 7.15. The Morgan fingerprint density at radius 2 is 1.86 bits per heavy atom. The van der Waals surface area contributed by atoms with Gasteiger partial charge in [-0.25, -0.2) is 0 Å². The van der Waals surface area contributed by atoms with E-state index < -0.39 is 0 Å². The molecular weight excluding hydrogens is 502 g/mol. The van der Waals surface area contributed by atoms with E-state index in [1.165, 1.54) is 36.1 Å². The molecule has 7 rings (SSSR count).